The van der Waals surface area contributed by atoms with Gasteiger partial charge in [-0.2, -0.15) is 5.26 Å². The Bertz CT molecular complexity index is 1010. The van der Waals surface area contributed by atoms with E-state index < -0.39 is 5.91 Å². The molecule has 0 atom stereocenters. The van der Waals surface area contributed by atoms with Crippen LogP contribution in [0.5, 0.6) is 0 Å². The highest BCUT2D eigenvalue weighted by Crippen LogP contribution is 2.26. The van der Waals surface area contributed by atoms with Crippen LogP contribution in [0.15, 0.2) is 54.2 Å². The van der Waals surface area contributed by atoms with E-state index in [1.54, 1.807) is 18.2 Å². The second kappa shape index (κ2) is 8.09. The predicted molar refractivity (Wildman–Crippen MR) is 105 cm³/mol. The molecular formula is C20H15Cl2N3O. The van der Waals surface area contributed by atoms with Crippen molar-refractivity contribution in [3.05, 3.63) is 75.4 Å². The van der Waals surface area contributed by atoms with Gasteiger partial charge in [-0.25, -0.2) is 0 Å². The Labute approximate surface area is 161 Å². The minimum Gasteiger partial charge on any atom is -0.361 e. The number of amides is 1. The zero-order chi connectivity index (χ0) is 18.5. The molecule has 130 valence electrons. The Balaban J connectivity index is 1.68. The molecule has 0 radical (unpaired) electrons. The minimum absolute atomic E-state index is 0.0427. The summed E-state index contributed by atoms with van der Waals surface area (Å²) in [4.78, 5) is 15.5. The lowest BCUT2D eigenvalue weighted by Crippen LogP contribution is -2.26. The number of H-pyrrole nitrogens is 1. The van der Waals surface area contributed by atoms with Crippen LogP contribution in [0.3, 0.4) is 0 Å². The van der Waals surface area contributed by atoms with Crippen LogP contribution in [0.2, 0.25) is 10.0 Å². The first-order valence-corrected chi connectivity index (χ1v) is 8.74. The molecule has 0 aliphatic heterocycles. The van der Waals surface area contributed by atoms with Gasteiger partial charge in [-0.3, -0.25) is 4.79 Å². The van der Waals surface area contributed by atoms with Crippen LogP contribution in [0, 0.1) is 11.3 Å². The molecule has 2 N–H and O–H groups in total. The van der Waals surface area contributed by atoms with Gasteiger partial charge >= 0.3 is 0 Å². The molecule has 0 unspecified atom stereocenters. The first kappa shape index (κ1) is 18.1. The van der Waals surface area contributed by atoms with Crippen molar-refractivity contribution >= 4 is 46.1 Å². The molecule has 1 heterocycles. The van der Waals surface area contributed by atoms with E-state index in [-0.39, 0.29) is 5.57 Å². The van der Waals surface area contributed by atoms with Crippen LogP contribution in [0.4, 0.5) is 0 Å². The van der Waals surface area contributed by atoms with Crippen molar-refractivity contribution in [1.82, 2.24) is 10.3 Å². The van der Waals surface area contributed by atoms with Gasteiger partial charge in [0.25, 0.3) is 5.91 Å². The van der Waals surface area contributed by atoms with Gasteiger partial charge in [0.2, 0.25) is 0 Å². The molecule has 0 spiro atoms. The molecule has 0 fully saturated rings. The molecule has 0 saturated heterocycles. The highest BCUT2D eigenvalue weighted by Gasteiger charge is 2.12. The molecular weight excluding hydrogens is 369 g/mol. The van der Waals surface area contributed by atoms with E-state index in [9.17, 15) is 10.1 Å². The molecule has 6 heteroatoms. The predicted octanol–water partition coefficient (Wildman–Crippen LogP) is 4.74. The topological polar surface area (TPSA) is 68.7 Å². The van der Waals surface area contributed by atoms with Gasteiger partial charge in [0.15, 0.2) is 0 Å². The van der Waals surface area contributed by atoms with E-state index in [2.05, 4.69) is 10.3 Å². The number of carbonyl (C=O) groups is 1. The molecule has 0 aliphatic rings. The molecule has 1 aromatic heterocycles. The number of aromatic amines is 1. The van der Waals surface area contributed by atoms with Gasteiger partial charge in [0, 0.05) is 39.3 Å². The first-order chi connectivity index (χ1) is 12.6. The number of halogens is 2. The molecule has 4 nitrogen and oxygen atoms in total. The van der Waals surface area contributed by atoms with Crippen LogP contribution in [-0.4, -0.2) is 17.4 Å². The number of benzene rings is 2. The van der Waals surface area contributed by atoms with Crippen molar-refractivity contribution < 1.29 is 4.79 Å². The average molecular weight is 384 g/mol. The van der Waals surface area contributed by atoms with Gasteiger partial charge in [-0.05, 0) is 36.3 Å². The smallest absolute Gasteiger partial charge is 0.261 e. The Morgan fingerprint density at radius 2 is 1.88 bits per heavy atom. The molecule has 0 aliphatic carbocycles. The van der Waals surface area contributed by atoms with Crippen molar-refractivity contribution in [1.29, 1.82) is 5.26 Å². The van der Waals surface area contributed by atoms with E-state index >= 15 is 0 Å². The van der Waals surface area contributed by atoms with Crippen molar-refractivity contribution in [3.8, 4) is 6.07 Å². The maximum Gasteiger partial charge on any atom is 0.261 e. The Kier molecular flexibility index (Phi) is 5.62. The summed E-state index contributed by atoms with van der Waals surface area (Å²) < 4.78 is 0. The van der Waals surface area contributed by atoms with E-state index in [1.165, 1.54) is 6.08 Å². The summed E-state index contributed by atoms with van der Waals surface area (Å²) in [5.41, 5.74) is 2.58. The van der Waals surface area contributed by atoms with Gasteiger partial charge in [0.1, 0.15) is 11.6 Å². The maximum absolute atomic E-state index is 12.3. The van der Waals surface area contributed by atoms with Crippen molar-refractivity contribution in [2.75, 3.05) is 6.54 Å². The third kappa shape index (κ3) is 3.91. The van der Waals surface area contributed by atoms with Crippen LogP contribution in [0.1, 0.15) is 11.1 Å². The van der Waals surface area contributed by atoms with Crippen molar-refractivity contribution in [3.63, 3.8) is 0 Å². The van der Waals surface area contributed by atoms with Crippen molar-refractivity contribution in [2.45, 2.75) is 6.42 Å². The standard InChI is InChI=1S/C20H15Cl2N3O/c21-17-5-3-6-18(22)16(17)10-14(11-23)20(26)24-9-8-13-12-25-19-7-2-1-4-15(13)19/h1-7,10,12,25H,8-9H2,(H,24,26)/b14-10-. The SMILES string of the molecule is N#C/C(=C/c1c(Cl)cccc1Cl)C(=O)NCCc1c[nH]c2ccccc12. The molecule has 26 heavy (non-hydrogen) atoms. The monoisotopic (exact) mass is 383 g/mol. The molecule has 2 aromatic carbocycles. The number of hydrogen-bond donors (Lipinski definition) is 2. The summed E-state index contributed by atoms with van der Waals surface area (Å²) in [6, 6.07) is 14.9. The fourth-order valence-corrected chi connectivity index (χ4v) is 3.19. The first-order valence-electron chi connectivity index (χ1n) is 7.99. The lowest BCUT2D eigenvalue weighted by Gasteiger charge is -2.05. The zero-order valence-electron chi connectivity index (χ0n) is 13.7. The third-order valence-electron chi connectivity index (χ3n) is 4.01. The average Bonchev–Trinajstić information content (AvgIpc) is 3.05. The number of para-hydroxylation sites is 1. The number of nitrogens with one attached hydrogen (secondary N) is 2. The maximum atomic E-state index is 12.3. The van der Waals surface area contributed by atoms with Gasteiger partial charge in [0.05, 0.1) is 0 Å². The Hall–Kier alpha value is -2.74. The van der Waals surface area contributed by atoms with E-state index in [4.69, 9.17) is 23.2 Å². The second-order valence-corrected chi connectivity index (χ2v) is 6.48. The number of fused-ring (bicyclic) bond motifs is 1. The van der Waals surface area contributed by atoms with Crippen LogP contribution in [0.25, 0.3) is 17.0 Å². The number of carbonyl (C=O) groups excluding carboxylic acids is 1. The van der Waals surface area contributed by atoms with E-state index in [0.717, 1.165) is 16.5 Å². The van der Waals surface area contributed by atoms with Crippen LogP contribution in [-0.2, 0) is 11.2 Å². The molecule has 0 saturated carbocycles. The summed E-state index contributed by atoms with van der Waals surface area (Å²) >= 11 is 12.2. The van der Waals surface area contributed by atoms with Crippen LogP contribution >= 0.6 is 23.2 Å². The molecule has 1 amide bonds. The number of nitriles is 1. The number of rotatable bonds is 5. The van der Waals surface area contributed by atoms with Gasteiger partial charge in [-0.15, -0.1) is 0 Å². The molecule has 3 rings (SSSR count). The second-order valence-electron chi connectivity index (χ2n) is 5.67. The van der Waals surface area contributed by atoms with Crippen LogP contribution < -0.4 is 5.32 Å². The summed E-state index contributed by atoms with van der Waals surface area (Å²) in [5, 5.41) is 14.0. The third-order valence-corrected chi connectivity index (χ3v) is 4.67. The number of hydrogen-bond acceptors (Lipinski definition) is 2. The largest absolute Gasteiger partial charge is 0.361 e. The summed E-state index contributed by atoms with van der Waals surface area (Å²) in [6.45, 7) is 0.413. The fourth-order valence-electron chi connectivity index (χ4n) is 2.69. The number of aromatic nitrogens is 1. The lowest BCUT2D eigenvalue weighted by atomic mass is 10.1. The van der Waals surface area contributed by atoms with Gasteiger partial charge in [-0.1, -0.05) is 47.5 Å². The summed E-state index contributed by atoms with van der Waals surface area (Å²) in [5.74, 6) is -0.455. The normalized spacial score (nSPS) is 11.3. The summed E-state index contributed by atoms with van der Waals surface area (Å²) in [6.07, 6.45) is 3.99. The van der Waals surface area contributed by atoms with E-state index in [0.29, 0.717) is 28.6 Å². The highest BCUT2D eigenvalue weighted by molar-refractivity contribution is 6.37. The van der Waals surface area contributed by atoms with E-state index in [1.807, 2.05) is 36.5 Å². The fraction of sp³-hybridized carbons (Fsp3) is 0.100. The van der Waals surface area contributed by atoms with Crippen molar-refractivity contribution in [2.24, 2.45) is 0 Å². The molecule has 3 aromatic rings. The highest BCUT2D eigenvalue weighted by atomic mass is 35.5. The Morgan fingerprint density at radius 1 is 1.15 bits per heavy atom. The summed E-state index contributed by atoms with van der Waals surface area (Å²) in [7, 11) is 0. The zero-order valence-corrected chi connectivity index (χ0v) is 15.2. The molecule has 0 bridgehead atoms. The minimum atomic E-state index is -0.455. The van der Waals surface area contributed by atoms with Gasteiger partial charge < -0.3 is 10.3 Å². The lowest BCUT2D eigenvalue weighted by molar-refractivity contribution is -0.117. The number of nitrogens with zero attached hydrogens (tertiary/aromatic N) is 1. The quantitative estimate of drug-likeness (QED) is 0.493. The Morgan fingerprint density at radius 3 is 2.62 bits per heavy atom.